The molecule has 0 aliphatic carbocycles. The summed E-state index contributed by atoms with van der Waals surface area (Å²) in [5.74, 6) is -1.16. The fraction of sp³-hybridized carbons (Fsp3) is 0.217. The first kappa shape index (κ1) is 24.8. The van der Waals surface area contributed by atoms with Crippen LogP contribution in [0.2, 0.25) is 0 Å². The summed E-state index contributed by atoms with van der Waals surface area (Å²) in [4.78, 5) is 49.6. The number of esters is 1. The number of imide groups is 1. The number of amides is 4. The number of halogens is 1. The van der Waals surface area contributed by atoms with Crippen molar-refractivity contribution in [1.29, 1.82) is 0 Å². The Hall–Kier alpha value is -3.86. The molecule has 34 heavy (non-hydrogen) atoms. The third-order valence-corrected chi connectivity index (χ3v) is 5.28. The maximum absolute atomic E-state index is 12.8. The summed E-state index contributed by atoms with van der Waals surface area (Å²) in [6.45, 7) is 1.12. The Morgan fingerprint density at radius 1 is 1.18 bits per heavy atom. The van der Waals surface area contributed by atoms with E-state index < -0.39 is 30.4 Å². The average molecular weight is 532 g/mol. The molecule has 2 aromatic rings. The number of nitrogens with one attached hydrogen (secondary N) is 2. The monoisotopic (exact) mass is 531 g/mol. The molecule has 0 atom stereocenters. The molecule has 1 aliphatic heterocycles. The molecule has 178 valence electrons. The lowest BCUT2D eigenvalue weighted by molar-refractivity contribution is -0.143. The van der Waals surface area contributed by atoms with Crippen molar-refractivity contribution in [2.75, 3.05) is 32.7 Å². The largest absolute Gasteiger partial charge is 0.493 e. The van der Waals surface area contributed by atoms with Crippen LogP contribution in [0.3, 0.4) is 0 Å². The molecule has 2 N–H and O–H groups in total. The smallest absolute Gasteiger partial charge is 0.343 e. The molecule has 10 nitrogen and oxygen atoms in total. The molecular formula is C23H22BrN3O7. The molecule has 1 saturated heterocycles. The summed E-state index contributed by atoms with van der Waals surface area (Å²) in [5, 5.41) is 5.14. The quantitative estimate of drug-likeness (QED) is 0.305. The van der Waals surface area contributed by atoms with Gasteiger partial charge in [-0.2, -0.15) is 0 Å². The first-order valence-corrected chi connectivity index (χ1v) is 10.8. The summed E-state index contributed by atoms with van der Waals surface area (Å²) >= 11 is 3.35. The predicted octanol–water partition coefficient (Wildman–Crippen LogP) is 2.85. The first-order chi connectivity index (χ1) is 16.2. The Labute approximate surface area is 204 Å². The van der Waals surface area contributed by atoms with Crippen LogP contribution < -0.4 is 20.1 Å². The van der Waals surface area contributed by atoms with E-state index in [0.717, 1.165) is 10.5 Å². The standard InChI is InChI=1S/C23H22BrN3O7/c1-13-5-4-6-15(7-13)25-19(28)11-27-22(30)17(26-23(27)31)9-14-8-16(24)21(18(10-14)32-2)34-12-20(29)33-3/h4-10H,11-12H2,1-3H3,(H,25,28)(H,26,31)/b17-9+. The van der Waals surface area contributed by atoms with Gasteiger partial charge in [0.2, 0.25) is 5.91 Å². The zero-order valence-electron chi connectivity index (χ0n) is 18.6. The zero-order valence-corrected chi connectivity index (χ0v) is 20.2. The van der Waals surface area contributed by atoms with E-state index in [-0.39, 0.29) is 23.8 Å². The molecule has 1 fully saturated rings. The SMILES string of the molecule is COC(=O)COc1c(Br)cc(/C=C2/NC(=O)N(CC(=O)Nc3cccc(C)c3)C2=O)cc1OC. The summed E-state index contributed by atoms with van der Waals surface area (Å²) in [5.41, 5.74) is 2.02. The number of carbonyl (C=O) groups is 4. The van der Waals surface area contributed by atoms with Crippen LogP contribution in [0.5, 0.6) is 11.5 Å². The van der Waals surface area contributed by atoms with Crippen LogP contribution >= 0.6 is 15.9 Å². The number of hydrogen-bond donors (Lipinski definition) is 2. The Balaban J connectivity index is 1.74. The number of hydrogen-bond acceptors (Lipinski definition) is 7. The van der Waals surface area contributed by atoms with Crippen LogP contribution in [-0.4, -0.2) is 56.1 Å². The number of rotatable bonds is 8. The van der Waals surface area contributed by atoms with Gasteiger partial charge in [0.05, 0.1) is 18.7 Å². The average Bonchev–Trinajstić information content (AvgIpc) is 3.04. The predicted molar refractivity (Wildman–Crippen MR) is 126 cm³/mol. The van der Waals surface area contributed by atoms with Gasteiger partial charge in [0.1, 0.15) is 12.2 Å². The lowest BCUT2D eigenvalue weighted by Gasteiger charge is -2.13. The molecule has 0 radical (unpaired) electrons. The highest BCUT2D eigenvalue weighted by Gasteiger charge is 2.35. The molecule has 3 rings (SSSR count). The minimum absolute atomic E-state index is 0.00876. The molecule has 4 amide bonds. The number of anilines is 1. The fourth-order valence-corrected chi connectivity index (χ4v) is 3.68. The van der Waals surface area contributed by atoms with Gasteiger partial charge in [0, 0.05) is 5.69 Å². The highest BCUT2D eigenvalue weighted by Crippen LogP contribution is 2.37. The van der Waals surface area contributed by atoms with Crippen LogP contribution in [0.1, 0.15) is 11.1 Å². The maximum Gasteiger partial charge on any atom is 0.343 e. The molecule has 2 aromatic carbocycles. The highest BCUT2D eigenvalue weighted by molar-refractivity contribution is 9.10. The van der Waals surface area contributed by atoms with Gasteiger partial charge in [-0.1, -0.05) is 12.1 Å². The molecule has 11 heteroatoms. The number of carbonyl (C=O) groups excluding carboxylic acids is 4. The van der Waals surface area contributed by atoms with Gasteiger partial charge >= 0.3 is 12.0 Å². The Morgan fingerprint density at radius 3 is 2.62 bits per heavy atom. The van der Waals surface area contributed by atoms with E-state index in [4.69, 9.17) is 9.47 Å². The van der Waals surface area contributed by atoms with Crippen LogP contribution in [-0.2, 0) is 19.1 Å². The number of nitrogens with zero attached hydrogens (tertiary/aromatic N) is 1. The zero-order chi connectivity index (χ0) is 24.8. The molecule has 1 aliphatic rings. The van der Waals surface area contributed by atoms with Crippen LogP contribution in [0.25, 0.3) is 6.08 Å². The summed E-state index contributed by atoms with van der Waals surface area (Å²) in [7, 11) is 2.66. The second-order valence-electron chi connectivity index (χ2n) is 7.20. The highest BCUT2D eigenvalue weighted by atomic mass is 79.9. The number of ether oxygens (including phenoxy) is 3. The van der Waals surface area contributed by atoms with Crippen molar-refractivity contribution in [1.82, 2.24) is 10.2 Å². The summed E-state index contributed by atoms with van der Waals surface area (Å²) in [6.07, 6.45) is 1.44. The van der Waals surface area contributed by atoms with E-state index in [1.807, 2.05) is 13.0 Å². The maximum atomic E-state index is 12.8. The van der Waals surface area contributed by atoms with Gasteiger partial charge in [0.15, 0.2) is 18.1 Å². The van der Waals surface area contributed by atoms with Crippen molar-refractivity contribution in [2.45, 2.75) is 6.92 Å². The van der Waals surface area contributed by atoms with Gasteiger partial charge < -0.3 is 24.8 Å². The first-order valence-electron chi connectivity index (χ1n) is 10.00. The van der Waals surface area contributed by atoms with E-state index in [9.17, 15) is 19.2 Å². The Bertz CT molecular complexity index is 1180. The molecule has 0 bridgehead atoms. The minimum atomic E-state index is -0.709. The molecule has 0 aromatic heterocycles. The third-order valence-electron chi connectivity index (χ3n) is 4.69. The lowest BCUT2D eigenvalue weighted by Crippen LogP contribution is -2.38. The lowest BCUT2D eigenvalue weighted by atomic mass is 10.1. The van der Waals surface area contributed by atoms with E-state index in [2.05, 4.69) is 31.3 Å². The number of urea groups is 1. The second kappa shape index (κ2) is 10.8. The van der Waals surface area contributed by atoms with Crippen molar-refractivity contribution < 1.29 is 33.4 Å². The molecule has 0 unspecified atom stereocenters. The minimum Gasteiger partial charge on any atom is -0.493 e. The number of methoxy groups -OCH3 is 2. The van der Waals surface area contributed by atoms with Crippen molar-refractivity contribution in [3.63, 3.8) is 0 Å². The van der Waals surface area contributed by atoms with Gasteiger partial charge in [-0.3, -0.25) is 9.59 Å². The van der Waals surface area contributed by atoms with E-state index in [0.29, 0.717) is 15.7 Å². The topological polar surface area (TPSA) is 123 Å². The van der Waals surface area contributed by atoms with Crippen LogP contribution in [0.15, 0.2) is 46.6 Å². The van der Waals surface area contributed by atoms with Crippen molar-refractivity contribution in [3.05, 3.63) is 57.7 Å². The molecule has 0 saturated carbocycles. The third kappa shape index (κ3) is 5.93. The van der Waals surface area contributed by atoms with Crippen LogP contribution in [0.4, 0.5) is 10.5 Å². The van der Waals surface area contributed by atoms with Gasteiger partial charge in [-0.15, -0.1) is 0 Å². The van der Waals surface area contributed by atoms with E-state index in [1.165, 1.54) is 20.3 Å². The van der Waals surface area contributed by atoms with Gasteiger partial charge in [-0.05, 0) is 64.3 Å². The molecule has 1 heterocycles. The molecular weight excluding hydrogens is 510 g/mol. The van der Waals surface area contributed by atoms with Crippen molar-refractivity contribution in [2.24, 2.45) is 0 Å². The van der Waals surface area contributed by atoms with Crippen molar-refractivity contribution in [3.8, 4) is 11.5 Å². The normalized spacial score (nSPS) is 14.1. The van der Waals surface area contributed by atoms with E-state index >= 15 is 0 Å². The van der Waals surface area contributed by atoms with E-state index in [1.54, 1.807) is 30.3 Å². The summed E-state index contributed by atoms with van der Waals surface area (Å²) < 4.78 is 15.8. The van der Waals surface area contributed by atoms with Gasteiger partial charge in [0.25, 0.3) is 5.91 Å². The number of benzene rings is 2. The number of aryl methyl sites for hydroxylation is 1. The summed E-state index contributed by atoms with van der Waals surface area (Å²) in [6, 6.07) is 9.64. The van der Waals surface area contributed by atoms with Gasteiger partial charge in [-0.25, -0.2) is 14.5 Å². The van der Waals surface area contributed by atoms with Crippen LogP contribution in [0, 0.1) is 6.92 Å². The Kier molecular flexibility index (Phi) is 7.90. The van der Waals surface area contributed by atoms with Crippen molar-refractivity contribution >= 4 is 51.5 Å². The second-order valence-corrected chi connectivity index (χ2v) is 8.05. The fourth-order valence-electron chi connectivity index (χ4n) is 3.10. The molecule has 0 spiro atoms. The Morgan fingerprint density at radius 2 is 1.94 bits per heavy atom.